The molecule has 0 spiro atoms. The van der Waals surface area contributed by atoms with E-state index in [-0.39, 0.29) is 16.4 Å². The number of aliphatic hydroxyl groups excluding tert-OH is 1. The number of aromatic nitrogens is 1. The first-order valence-corrected chi connectivity index (χ1v) is 11.7. The zero-order valence-corrected chi connectivity index (χ0v) is 19.7. The Morgan fingerprint density at radius 2 is 1.70 bits per heavy atom. The molecule has 1 atom stereocenters. The topological polar surface area (TPSA) is 70.5 Å². The van der Waals surface area contributed by atoms with Gasteiger partial charge in [-0.3, -0.25) is 14.5 Å². The van der Waals surface area contributed by atoms with Crippen LogP contribution in [0.5, 0.6) is 0 Å². The van der Waals surface area contributed by atoms with Crippen molar-refractivity contribution < 1.29 is 14.7 Å². The van der Waals surface area contributed by atoms with Crippen LogP contribution in [-0.2, 0) is 9.59 Å². The summed E-state index contributed by atoms with van der Waals surface area (Å²) in [6.07, 6.45) is 0. The summed E-state index contributed by atoms with van der Waals surface area (Å²) < 4.78 is 0.760. The number of fused-ring (bicyclic) bond motifs is 1. The van der Waals surface area contributed by atoms with Crippen LogP contribution in [0.1, 0.15) is 17.2 Å². The number of carbonyl (C=O) groups is 2. The van der Waals surface area contributed by atoms with Crippen molar-refractivity contribution in [3.05, 3.63) is 98.5 Å². The molecule has 1 aliphatic heterocycles. The van der Waals surface area contributed by atoms with Gasteiger partial charge in [0.2, 0.25) is 0 Å². The van der Waals surface area contributed by atoms with Gasteiger partial charge in [0.15, 0.2) is 5.13 Å². The highest BCUT2D eigenvalue weighted by molar-refractivity contribution is 7.22. The van der Waals surface area contributed by atoms with Gasteiger partial charge >= 0.3 is 5.91 Å². The van der Waals surface area contributed by atoms with Crippen LogP contribution >= 0.6 is 46.1 Å². The van der Waals surface area contributed by atoms with E-state index in [1.54, 1.807) is 66.7 Å². The molecular weight excluding hydrogens is 503 g/mol. The number of ketones is 1. The fraction of sp³-hybridized carbons (Fsp3) is 0.0417. The van der Waals surface area contributed by atoms with Crippen LogP contribution in [0.4, 0.5) is 5.13 Å². The minimum absolute atomic E-state index is 0.0538. The van der Waals surface area contributed by atoms with Gasteiger partial charge in [0, 0.05) is 10.6 Å². The highest BCUT2D eigenvalue weighted by Gasteiger charge is 2.48. The smallest absolute Gasteiger partial charge is 0.301 e. The number of nitrogens with zero attached hydrogens (tertiary/aromatic N) is 2. The number of anilines is 1. The molecule has 5 nitrogen and oxygen atoms in total. The van der Waals surface area contributed by atoms with E-state index in [0.29, 0.717) is 31.8 Å². The average molecular weight is 516 g/mol. The lowest BCUT2D eigenvalue weighted by Crippen LogP contribution is -2.29. The van der Waals surface area contributed by atoms with E-state index in [1.807, 2.05) is 0 Å². The summed E-state index contributed by atoms with van der Waals surface area (Å²) in [5, 5.41) is 12.5. The first kappa shape index (κ1) is 21.9. The lowest BCUT2D eigenvalue weighted by atomic mass is 9.95. The first-order chi connectivity index (χ1) is 15.8. The third kappa shape index (κ3) is 3.79. The minimum Gasteiger partial charge on any atom is -0.507 e. The maximum Gasteiger partial charge on any atom is 0.301 e. The van der Waals surface area contributed by atoms with Crippen LogP contribution < -0.4 is 4.90 Å². The van der Waals surface area contributed by atoms with E-state index in [9.17, 15) is 14.7 Å². The monoisotopic (exact) mass is 514 g/mol. The van der Waals surface area contributed by atoms with Gasteiger partial charge in [-0.2, -0.15) is 0 Å². The van der Waals surface area contributed by atoms with Crippen molar-refractivity contribution in [3.8, 4) is 0 Å². The van der Waals surface area contributed by atoms with Gasteiger partial charge in [-0.25, -0.2) is 4.98 Å². The van der Waals surface area contributed by atoms with Gasteiger partial charge in [-0.15, -0.1) is 0 Å². The molecule has 3 aromatic carbocycles. The Morgan fingerprint density at radius 3 is 2.42 bits per heavy atom. The second kappa shape index (κ2) is 8.47. The standard InChI is InChI=1S/C24H13Cl3N2O3S/c25-14-7-9-17-18(11-14)33-24(28-17)29-20(13-6-8-15(26)16(27)10-13)19(22(31)23(29)32)21(30)12-4-2-1-3-5-12/h1-11,20,30H. The zero-order chi connectivity index (χ0) is 23.3. The second-order valence-corrected chi connectivity index (χ2v) is 9.58. The molecule has 1 fully saturated rings. The summed E-state index contributed by atoms with van der Waals surface area (Å²) in [5.74, 6) is -1.89. The maximum atomic E-state index is 13.2. The van der Waals surface area contributed by atoms with Crippen molar-refractivity contribution >= 4 is 78.9 Å². The summed E-state index contributed by atoms with van der Waals surface area (Å²) in [4.78, 5) is 32.3. The van der Waals surface area contributed by atoms with Gasteiger partial charge in [0.05, 0.1) is 31.9 Å². The Bertz CT molecular complexity index is 1470. The van der Waals surface area contributed by atoms with Crippen LogP contribution in [0.3, 0.4) is 0 Å². The molecule has 2 heterocycles. The molecule has 164 valence electrons. The van der Waals surface area contributed by atoms with Gasteiger partial charge in [-0.05, 0) is 35.9 Å². The van der Waals surface area contributed by atoms with E-state index in [1.165, 1.54) is 16.2 Å². The average Bonchev–Trinajstić information content (AvgIpc) is 3.33. The van der Waals surface area contributed by atoms with Crippen molar-refractivity contribution in [3.63, 3.8) is 0 Å². The fourth-order valence-electron chi connectivity index (χ4n) is 3.77. The van der Waals surface area contributed by atoms with Crippen molar-refractivity contribution in [1.82, 2.24) is 4.98 Å². The minimum atomic E-state index is -0.948. The van der Waals surface area contributed by atoms with Crippen molar-refractivity contribution in [2.24, 2.45) is 0 Å². The van der Waals surface area contributed by atoms with E-state index < -0.39 is 17.7 Å². The van der Waals surface area contributed by atoms with Gasteiger partial charge in [0.1, 0.15) is 5.76 Å². The first-order valence-electron chi connectivity index (χ1n) is 9.72. The molecule has 1 amide bonds. The largest absolute Gasteiger partial charge is 0.507 e. The summed E-state index contributed by atoms with van der Waals surface area (Å²) in [5.41, 5.74) is 1.51. The SMILES string of the molecule is O=C1C(=O)N(c2nc3ccc(Cl)cc3s2)C(c2ccc(Cl)c(Cl)c2)C1=C(O)c1ccccc1. The molecule has 1 saturated heterocycles. The van der Waals surface area contributed by atoms with Crippen LogP contribution in [0, 0.1) is 0 Å². The van der Waals surface area contributed by atoms with Crippen LogP contribution in [0.15, 0.2) is 72.3 Å². The molecule has 9 heteroatoms. The highest BCUT2D eigenvalue weighted by Crippen LogP contribution is 2.45. The number of thiazole rings is 1. The van der Waals surface area contributed by atoms with Gasteiger partial charge in [-0.1, -0.05) is 82.5 Å². The molecule has 0 radical (unpaired) electrons. The molecule has 33 heavy (non-hydrogen) atoms. The number of Topliss-reactive ketones (excluding diaryl/α,β-unsaturated/α-hetero) is 1. The molecule has 1 aromatic heterocycles. The highest BCUT2D eigenvalue weighted by atomic mass is 35.5. The Balaban J connectivity index is 1.75. The maximum absolute atomic E-state index is 13.2. The zero-order valence-electron chi connectivity index (χ0n) is 16.6. The summed E-state index contributed by atoms with van der Waals surface area (Å²) in [6.45, 7) is 0. The number of rotatable bonds is 3. The van der Waals surface area contributed by atoms with Crippen LogP contribution in [0.2, 0.25) is 15.1 Å². The Kier molecular flexibility index (Phi) is 5.62. The molecule has 5 rings (SSSR count). The second-order valence-electron chi connectivity index (χ2n) is 7.32. The number of amides is 1. The van der Waals surface area contributed by atoms with Crippen LogP contribution in [-0.4, -0.2) is 21.8 Å². The normalized spacial score (nSPS) is 17.8. The van der Waals surface area contributed by atoms with E-state index in [4.69, 9.17) is 34.8 Å². The number of carbonyl (C=O) groups excluding carboxylic acids is 2. The van der Waals surface area contributed by atoms with Crippen molar-refractivity contribution in [1.29, 1.82) is 0 Å². The Morgan fingerprint density at radius 1 is 0.939 bits per heavy atom. The number of benzene rings is 3. The molecule has 1 N–H and O–H groups in total. The van der Waals surface area contributed by atoms with Gasteiger partial charge < -0.3 is 5.11 Å². The molecule has 0 aliphatic carbocycles. The number of hydrogen-bond donors (Lipinski definition) is 1. The summed E-state index contributed by atoms with van der Waals surface area (Å²) >= 11 is 19.7. The summed E-state index contributed by atoms with van der Waals surface area (Å²) in [6, 6.07) is 17.6. The summed E-state index contributed by atoms with van der Waals surface area (Å²) in [7, 11) is 0. The molecule has 1 unspecified atom stereocenters. The number of aliphatic hydroxyl groups is 1. The van der Waals surface area contributed by atoms with E-state index >= 15 is 0 Å². The van der Waals surface area contributed by atoms with Crippen molar-refractivity contribution in [2.45, 2.75) is 6.04 Å². The van der Waals surface area contributed by atoms with E-state index in [2.05, 4.69) is 4.98 Å². The predicted molar refractivity (Wildman–Crippen MR) is 132 cm³/mol. The van der Waals surface area contributed by atoms with Crippen LogP contribution in [0.25, 0.3) is 16.0 Å². The molecule has 0 saturated carbocycles. The fourth-order valence-corrected chi connectivity index (χ4v) is 5.34. The quantitative estimate of drug-likeness (QED) is 0.183. The van der Waals surface area contributed by atoms with Crippen molar-refractivity contribution in [2.75, 3.05) is 4.90 Å². The third-order valence-electron chi connectivity index (χ3n) is 5.30. The molecule has 0 bridgehead atoms. The Labute approximate surface area is 207 Å². The molecule has 4 aromatic rings. The lowest BCUT2D eigenvalue weighted by Gasteiger charge is -2.23. The van der Waals surface area contributed by atoms with E-state index in [0.717, 1.165) is 4.70 Å². The molecule has 1 aliphatic rings. The Hall–Kier alpha value is -2.90. The molecular formula is C24H13Cl3N2O3S. The lowest BCUT2D eigenvalue weighted by molar-refractivity contribution is -0.132. The number of hydrogen-bond acceptors (Lipinski definition) is 5. The van der Waals surface area contributed by atoms with Gasteiger partial charge in [0.25, 0.3) is 5.78 Å². The predicted octanol–water partition coefficient (Wildman–Crippen LogP) is 6.88. The number of halogens is 3. The third-order valence-corrected chi connectivity index (χ3v) is 7.29.